The maximum atomic E-state index is 12.8. The lowest BCUT2D eigenvalue weighted by atomic mass is 10.0. The zero-order valence-corrected chi connectivity index (χ0v) is 16.5. The molecule has 4 rings (SSSR count). The van der Waals surface area contributed by atoms with Gasteiger partial charge in [0.25, 0.3) is 0 Å². The van der Waals surface area contributed by atoms with Crippen LogP contribution in [0.25, 0.3) is 11.1 Å². The van der Waals surface area contributed by atoms with Gasteiger partial charge in [0.2, 0.25) is 0 Å². The first kappa shape index (κ1) is 19.9. The minimum Gasteiger partial charge on any atom is -0.486 e. The monoisotopic (exact) mass is 403 g/mol. The third kappa shape index (κ3) is 4.16. The van der Waals surface area contributed by atoms with E-state index in [2.05, 4.69) is 15.0 Å². The van der Waals surface area contributed by atoms with Crippen molar-refractivity contribution in [2.45, 2.75) is 31.2 Å². The molecule has 7 heteroatoms. The maximum absolute atomic E-state index is 12.8. The maximum Gasteiger partial charge on any atom is 0.416 e. The number of alkyl halides is 3. The van der Waals surface area contributed by atoms with Crippen molar-refractivity contribution in [3.8, 4) is 16.9 Å². The Hall–Kier alpha value is -2.38. The third-order valence-electron chi connectivity index (χ3n) is 5.56. The van der Waals surface area contributed by atoms with E-state index in [1.807, 2.05) is 32.3 Å². The van der Waals surface area contributed by atoms with E-state index >= 15 is 0 Å². The molecule has 0 amide bonds. The van der Waals surface area contributed by atoms with Gasteiger partial charge in [0.15, 0.2) is 0 Å². The molecule has 0 aromatic heterocycles. The van der Waals surface area contributed by atoms with Gasteiger partial charge < -0.3 is 4.74 Å². The number of hydrogen-bond donors (Lipinski definition) is 0. The van der Waals surface area contributed by atoms with Gasteiger partial charge in [-0.15, -0.1) is 0 Å². The molecule has 2 aliphatic rings. The van der Waals surface area contributed by atoms with Crippen LogP contribution in [0.15, 0.2) is 47.5 Å². The molecular formula is C22H24F3N3O. The Morgan fingerprint density at radius 1 is 1.07 bits per heavy atom. The number of rotatable bonds is 3. The molecule has 0 spiro atoms. The highest BCUT2D eigenvalue weighted by Gasteiger charge is 2.35. The van der Waals surface area contributed by atoms with Crippen molar-refractivity contribution in [3.05, 3.63) is 53.6 Å². The van der Waals surface area contributed by atoms with Crippen molar-refractivity contribution < 1.29 is 17.9 Å². The molecule has 4 nitrogen and oxygen atoms in total. The van der Waals surface area contributed by atoms with E-state index in [-0.39, 0.29) is 12.1 Å². The number of fused-ring (bicyclic) bond motifs is 1. The van der Waals surface area contributed by atoms with Gasteiger partial charge in [0.05, 0.1) is 18.2 Å². The van der Waals surface area contributed by atoms with Crippen LogP contribution < -0.4 is 4.74 Å². The van der Waals surface area contributed by atoms with Crippen molar-refractivity contribution in [2.75, 3.05) is 27.2 Å². The fourth-order valence-electron chi connectivity index (χ4n) is 4.10. The highest BCUT2D eigenvalue weighted by molar-refractivity contribution is 5.86. The Kier molecular flexibility index (Phi) is 5.36. The van der Waals surface area contributed by atoms with Gasteiger partial charge in [-0.2, -0.15) is 13.2 Å². The molecule has 29 heavy (non-hydrogen) atoms. The summed E-state index contributed by atoms with van der Waals surface area (Å²) < 4.78 is 44.7. The molecule has 2 aromatic carbocycles. The molecule has 1 fully saturated rings. The fourth-order valence-corrected chi connectivity index (χ4v) is 4.10. The molecule has 2 aromatic rings. The molecule has 154 valence electrons. The fraction of sp³-hybridized carbons (Fsp3) is 0.409. The number of nitrogens with zero attached hydrogens (tertiary/aromatic N) is 3. The summed E-state index contributed by atoms with van der Waals surface area (Å²) in [6.45, 7) is 1.60. The molecule has 0 N–H and O–H groups in total. The summed E-state index contributed by atoms with van der Waals surface area (Å²) in [6.07, 6.45) is -0.363. The van der Waals surface area contributed by atoms with E-state index in [0.717, 1.165) is 54.0 Å². The van der Waals surface area contributed by atoms with E-state index in [1.54, 1.807) is 6.21 Å². The highest BCUT2D eigenvalue weighted by atomic mass is 19.4. The molecule has 2 aliphatic heterocycles. The van der Waals surface area contributed by atoms with Crippen LogP contribution in [0.4, 0.5) is 13.2 Å². The molecule has 0 saturated carbocycles. The highest BCUT2D eigenvalue weighted by Crippen LogP contribution is 2.33. The zero-order valence-electron chi connectivity index (χ0n) is 16.5. The summed E-state index contributed by atoms with van der Waals surface area (Å²) in [6, 6.07) is 11.2. The quantitative estimate of drug-likeness (QED) is 0.756. The van der Waals surface area contributed by atoms with Crippen LogP contribution in [0.3, 0.4) is 0 Å². The van der Waals surface area contributed by atoms with Gasteiger partial charge in [-0.1, -0.05) is 18.2 Å². The summed E-state index contributed by atoms with van der Waals surface area (Å²) in [7, 11) is 4.09. The second kappa shape index (κ2) is 7.80. The largest absolute Gasteiger partial charge is 0.486 e. The summed E-state index contributed by atoms with van der Waals surface area (Å²) in [5, 5.41) is 4.44. The number of hydrogen-bond acceptors (Lipinski definition) is 4. The van der Waals surface area contributed by atoms with Crippen LogP contribution in [0.2, 0.25) is 0 Å². The normalized spacial score (nSPS) is 22.4. The molecular weight excluding hydrogens is 379 g/mol. The van der Waals surface area contributed by atoms with Gasteiger partial charge in [0.1, 0.15) is 11.9 Å². The Labute approximate surface area is 168 Å². The summed E-state index contributed by atoms with van der Waals surface area (Å²) >= 11 is 0. The van der Waals surface area contributed by atoms with E-state index in [0.29, 0.717) is 6.54 Å². The Bertz CT molecular complexity index is 893. The van der Waals surface area contributed by atoms with Crippen LogP contribution in [0, 0.1) is 0 Å². The molecule has 2 heterocycles. The minimum absolute atomic E-state index is 0.0330. The molecule has 1 saturated heterocycles. The van der Waals surface area contributed by atoms with Gasteiger partial charge in [-0.3, -0.25) is 4.99 Å². The van der Waals surface area contributed by atoms with Gasteiger partial charge in [-0.05, 0) is 48.2 Å². The van der Waals surface area contributed by atoms with Gasteiger partial charge >= 0.3 is 6.18 Å². The second-order valence-corrected chi connectivity index (χ2v) is 7.70. The zero-order chi connectivity index (χ0) is 20.6. The predicted molar refractivity (Wildman–Crippen MR) is 107 cm³/mol. The number of hydrazine groups is 1. The first-order valence-corrected chi connectivity index (χ1v) is 9.75. The standard InChI is InChI=1S/C22H24F3N3O/c1-27(2)28-11-3-4-19(28)21-14-26-13-17-12-16(7-10-20(17)29-21)15-5-8-18(9-6-15)22(23,24)25/h5-10,12-13,19,21H,3-4,11,14H2,1-2H3/t19-,21?/m0/s1. The van der Waals surface area contributed by atoms with Crippen molar-refractivity contribution in [1.82, 2.24) is 10.0 Å². The molecule has 0 bridgehead atoms. The van der Waals surface area contributed by atoms with E-state index in [1.165, 1.54) is 12.1 Å². The van der Waals surface area contributed by atoms with Crippen molar-refractivity contribution in [3.63, 3.8) is 0 Å². The number of ether oxygens (including phenoxy) is 1. The smallest absolute Gasteiger partial charge is 0.416 e. The minimum atomic E-state index is -4.33. The number of halogens is 3. The van der Waals surface area contributed by atoms with Crippen LogP contribution >= 0.6 is 0 Å². The van der Waals surface area contributed by atoms with Gasteiger partial charge in [-0.25, -0.2) is 10.0 Å². The van der Waals surface area contributed by atoms with Crippen LogP contribution in [0.1, 0.15) is 24.0 Å². The Morgan fingerprint density at radius 2 is 1.79 bits per heavy atom. The van der Waals surface area contributed by atoms with Crippen LogP contribution in [0.5, 0.6) is 5.75 Å². The second-order valence-electron chi connectivity index (χ2n) is 7.70. The average molecular weight is 403 g/mol. The molecule has 0 radical (unpaired) electrons. The number of benzene rings is 2. The lowest BCUT2D eigenvalue weighted by Gasteiger charge is -2.34. The summed E-state index contributed by atoms with van der Waals surface area (Å²) in [4.78, 5) is 4.57. The van der Waals surface area contributed by atoms with Gasteiger partial charge in [0, 0.05) is 32.4 Å². The third-order valence-corrected chi connectivity index (χ3v) is 5.56. The molecule has 0 aliphatic carbocycles. The van der Waals surface area contributed by atoms with Crippen LogP contribution in [-0.2, 0) is 6.18 Å². The number of aliphatic imine (C=N–C) groups is 1. The van der Waals surface area contributed by atoms with Crippen molar-refractivity contribution in [1.29, 1.82) is 0 Å². The van der Waals surface area contributed by atoms with E-state index in [9.17, 15) is 13.2 Å². The lowest BCUT2D eigenvalue weighted by Crippen LogP contribution is -2.49. The summed E-state index contributed by atoms with van der Waals surface area (Å²) in [5.74, 6) is 0.762. The lowest BCUT2D eigenvalue weighted by molar-refractivity contribution is -0.137. The molecule has 2 atom stereocenters. The van der Waals surface area contributed by atoms with E-state index < -0.39 is 11.7 Å². The first-order chi connectivity index (χ1) is 13.8. The van der Waals surface area contributed by atoms with E-state index in [4.69, 9.17) is 4.74 Å². The first-order valence-electron chi connectivity index (χ1n) is 9.75. The molecule has 1 unspecified atom stereocenters. The predicted octanol–water partition coefficient (Wildman–Crippen LogP) is 4.49. The Balaban J connectivity index is 1.56. The topological polar surface area (TPSA) is 28.1 Å². The average Bonchev–Trinajstić information content (AvgIpc) is 3.08. The van der Waals surface area contributed by atoms with Crippen LogP contribution in [-0.4, -0.2) is 55.6 Å². The Morgan fingerprint density at radius 3 is 2.48 bits per heavy atom. The SMILES string of the molecule is CN(C)N1CCC[C@H]1C1CN=Cc2cc(-c3ccc(C(F)(F)F)cc3)ccc2O1. The summed E-state index contributed by atoms with van der Waals surface area (Å²) in [5.41, 5.74) is 1.76. The van der Waals surface area contributed by atoms with Crippen molar-refractivity contribution in [2.24, 2.45) is 4.99 Å². The van der Waals surface area contributed by atoms with Crippen molar-refractivity contribution >= 4 is 6.21 Å².